The number of nitrogens with one attached hydrogen (secondary N) is 2. The van der Waals surface area contributed by atoms with Gasteiger partial charge in [-0.05, 0) is 12.1 Å². The Balaban J connectivity index is 2.54. The quantitative estimate of drug-likeness (QED) is 0.552. The predicted molar refractivity (Wildman–Crippen MR) is 44.1 cm³/mol. The Bertz CT molecular complexity index is 353. The van der Waals surface area contributed by atoms with E-state index in [0.29, 0.717) is 12.4 Å². The van der Waals surface area contributed by atoms with Gasteiger partial charge in [-0.1, -0.05) is 0 Å². The van der Waals surface area contributed by atoms with Gasteiger partial charge >= 0.3 is 0 Å². The number of H-pyrrole nitrogens is 1. The third kappa shape index (κ3) is 0.884. The monoisotopic (exact) mass is 165 g/mol. The first-order chi connectivity index (χ1) is 5.81. The number of imidazole rings is 1. The van der Waals surface area contributed by atoms with Crippen LogP contribution in [0.4, 0.5) is 5.82 Å². The summed E-state index contributed by atoms with van der Waals surface area (Å²) in [7, 11) is 0. The van der Waals surface area contributed by atoms with Crippen LogP contribution >= 0.6 is 0 Å². The van der Waals surface area contributed by atoms with Crippen LogP contribution in [0.3, 0.4) is 0 Å². The molecule has 0 saturated carbocycles. The molecule has 0 unspecified atom stereocenters. The smallest absolute Gasteiger partial charge is 0.223 e. The van der Waals surface area contributed by atoms with E-state index >= 15 is 0 Å². The Labute approximate surface area is 68.1 Å². The van der Waals surface area contributed by atoms with Gasteiger partial charge < -0.3 is 10.3 Å². The number of aromatic nitrogens is 2. The van der Waals surface area contributed by atoms with Crippen molar-refractivity contribution in [3.05, 3.63) is 16.4 Å². The summed E-state index contributed by atoms with van der Waals surface area (Å²) >= 11 is 0. The minimum Gasteiger partial charge on any atom is -0.351 e. The van der Waals surface area contributed by atoms with Gasteiger partial charge in [0.05, 0.1) is 0 Å². The molecule has 0 aliphatic carbocycles. The predicted octanol–water partition coefficient (Wildman–Crippen LogP) is 0.614. The molecule has 6 nitrogen and oxygen atoms in total. The molecule has 2 N–H and O–H groups in total. The minimum atomic E-state index is 0.160. The topological polar surface area (TPSA) is 82.5 Å². The molecule has 62 valence electrons. The highest BCUT2D eigenvalue weighted by molar-refractivity contribution is 6.02. The summed E-state index contributed by atoms with van der Waals surface area (Å²) in [6.45, 7) is 2.18. The third-order valence-corrected chi connectivity index (χ3v) is 1.61. The molecule has 0 amide bonds. The van der Waals surface area contributed by atoms with E-state index in [9.17, 15) is 4.91 Å². The lowest BCUT2D eigenvalue weighted by molar-refractivity contribution is 1.08. The summed E-state index contributed by atoms with van der Waals surface area (Å²) in [6.07, 6.45) is 0. The zero-order valence-electron chi connectivity index (χ0n) is 6.46. The maximum Gasteiger partial charge on any atom is 0.223 e. The molecule has 0 radical (unpaired) electrons. The Morgan fingerprint density at radius 1 is 1.58 bits per heavy atom. The largest absolute Gasteiger partial charge is 0.351 e. The molecular weight excluding hydrogens is 158 g/mol. The molecule has 0 aromatic carbocycles. The van der Waals surface area contributed by atoms with Gasteiger partial charge in [0.15, 0.2) is 5.69 Å². The van der Waals surface area contributed by atoms with Gasteiger partial charge in [-0.25, -0.2) is 9.98 Å². The van der Waals surface area contributed by atoms with Gasteiger partial charge in [0.2, 0.25) is 5.84 Å². The first-order valence-corrected chi connectivity index (χ1v) is 3.50. The van der Waals surface area contributed by atoms with Gasteiger partial charge in [0, 0.05) is 0 Å². The lowest BCUT2D eigenvalue weighted by atomic mass is 10.4. The van der Waals surface area contributed by atoms with Crippen molar-refractivity contribution in [3.63, 3.8) is 0 Å². The molecule has 0 atom stereocenters. The number of aromatic amines is 1. The number of hydrogen-bond donors (Lipinski definition) is 2. The summed E-state index contributed by atoms with van der Waals surface area (Å²) in [6, 6.07) is 0. The van der Waals surface area contributed by atoms with Crippen LogP contribution in [0.5, 0.6) is 0 Å². The molecule has 0 spiro atoms. The highest BCUT2D eigenvalue weighted by Crippen LogP contribution is 2.16. The number of anilines is 1. The molecule has 1 aliphatic heterocycles. The molecule has 0 fully saturated rings. The fraction of sp³-hybridized carbons (Fsp3) is 0.333. The van der Waals surface area contributed by atoms with Crippen molar-refractivity contribution in [3.8, 4) is 0 Å². The van der Waals surface area contributed by atoms with E-state index in [1.807, 2.05) is 6.92 Å². The van der Waals surface area contributed by atoms with Gasteiger partial charge in [-0.2, -0.15) is 0 Å². The van der Waals surface area contributed by atoms with Crippen molar-refractivity contribution in [2.75, 3.05) is 12.0 Å². The van der Waals surface area contributed by atoms with Crippen LogP contribution < -0.4 is 5.32 Å². The summed E-state index contributed by atoms with van der Waals surface area (Å²) in [5, 5.41) is 5.72. The van der Waals surface area contributed by atoms with Crippen LogP contribution in [0.1, 0.15) is 11.5 Å². The number of fused-ring (bicyclic) bond motifs is 1. The van der Waals surface area contributed by atoms with E-state index in [0.717, 1.165) is 11.6 Å². The van der Waals surface area contributed by atoms with Crippen molar-refractivity contribution in [2.24, 2.45) is 10.2 Å². The summed E-state index contributed by atoms with van der Waals surface area (Å²) < 4.78 is 0. The standard InChI is InChI=1S/C6H7N5O/c1-3-9-4-5(10-3)7-2-8-6(4)11-12/h7H,2H2,1H3,(H,9,10). The zero-order valence-corrected chi connectivity index (χ0v) is 6.46. The molecule has 0 bridgehead atoms. The number of hydrogen-bond acceptors (Lipinski definition) is 5. The van der Waals surface area contributed by atoms with Crippen molar-refractivity contribution in [1.29, 1.82) is 0 Å². The van der Waals surface area contributed by atoms with Crippen LogP contribution in [0.2, 0.25) is 0 Å². The molecule has 1 aromatic rings. The van der Waals surface area contributed by atoms with E-state index in [-0.39, 0.29) is 5.84 Å². The molecule has 2 rings (SSSR count). The number of amidine groups is 1. The average molecular weight is 165 g/mol. The van der Waals surface area contributed by atoms with E-state index in [2.05, 4.69) is 25.5 Å². The molecule has 1 aromatic heterocycles. The van der Waals surface area contributed by atoms with E-state index in [1.54, 1.807) is 0 Å². The Kier molecular flexibility index (Phi) is 1.39. The lowest BCUT2D eigenvalue weighted by Crippen LogP contribution is -2.13. The van der Waals surface area contributed by atoms with Gasteiger partial charge in [-0.3, -0.25) is 0 Å². The normalized spacial score (nSPS) is 14.6. The SMILES string of the molecule is Cc1nc2c([nH]1)NCN=C2N=O. The molecule has 0 saturated heterocycles. The average Bonchev–Trinajstić information content (AvgIpc) is 2.44. The molecule has 1 aliphatic rings. The second kappa shape index (κ2) is 2.40. The van der Waals surface area contributed by atoms with E-state index in [4.69, 9.17) is 0 Å². The van der Waals surface area contributed by atoms with Crippen molar-refractivity contribution >= 4 is 11.7 Å². The van der Waals surface area contributed by atoms with Crippen LogP contribution in [-0.2, 0) is 0 Å². The number of nitrogens with zero attached hydrogens (tertiary/aromatic N) is 3. The maximum atomic E-state index is 10.3. The van der Waals surface area contributed by atoms with Crippen LogP contribution in [0, 0.1) is 11.8 Å². The Hall–Kier alpha value is -1.72. The molecule has 2 heterocycles. The Morgan fingerprint density at radius 2 is 2.42 bits per heavy atom. The van der Waals surface area contributed by atoms with E-state index in [1.165, 1.54) is 0 Å². The zero-order chi connectivity index (χ0) is 8.55. The third-order valence-electron chi connectivity index (χ3n) is 1.61. The number of aliphatic imine (C=N–C) groups is 1. The lowest BCUT2D eigenvalue weighted by Gasteiger charge is -2.07. The maximum absolute atomic E-state index is 10.3. The minimum absolute atomic E-state index is 0.160. The van der Waals surface area contributed by atoms with Gasteiger partial charge in [-0.15, -0.1) is 4.91 Å². The fourth-order valence-electron chi connectivity index (χ4n) is 1.12. The second-order valence-electron chi connectivity index (χ2n) is 2.45. The highest BCUT2D eigenvalue weighted by atomic mass is 16.3. The number of nitroso groups, excluding NO2 is 1. The van der Waals surface area contributed by atoms with Crippen molar-refractivity contribution in [2.45, 2.75) is 6.92 Å². The summed E-state index contributed by atoms with van der Waals surface area (Å²) in [5.41, 5.74) is 0.508. The fourth-order valence-corrected chi connectivity index (χ4v) is 1.12. The van der Waals surface area contributed by atoms with Crippen molar-refractivity contribution in [1.82, 2.24) is 9.97 Å². The highest BCUT2D eigenvalue weighted by Gasteiger charge is 2.18. The first-order valence-electron chi connectivity index (χ1n) is 3.50. The van der Waals surface area contributed by atoms with E-state index < -0.39 is 0 Å². The van der Waals surface area contributed by atoms with Crippen LogP contribution in [0.25, 0.3) is 0 Å². The molecular formula is C6H7N5O. The number of rotatable bonds is 0. The Morgan fingerprint density at radius 3 is 3.17 bits per heavy atom. The number of aryl methyl sites for hydroxylation is 1. The second-order valence-corrected chi connectivity index (χ2v) is 2.45. The van der Waals surface area contributed by atoms with Gasteiger partial charge in [0.1, 0.15) is 18.3 Å². The molecule has 6 heteroatoms. The summed E-state index contributed by atoms with van der Waals surface area (Å²) in [4.78, 5) is 21.1. The van der Waals surface area contributed by atoms with Crippen LogP contribution in [-0.4, -0.2) is 22.5 Å². The van der Waals surface area contributed by atoms with Gasteiger partial charge in [0.25, 0.3) is 0 Å². The summed E-state index contributed by atoms with van der Waals surface area (Å²) in [5.74, 6) is 1.62. The van der Waals surface area contributed by atoms with Crippen LogP contribution in [0.15, 0.2) is 10.2 Å². The van der Waals surface area contributed by atoms with Crippen molar-refractivity contribution < 1.29 is 0 Å². The first kappa shape index (κ1) is 6.96. The molecule has 12 heavy (non-hydrogen) atoms.